The molecule has 0 aliphatic rings. The second-order valence-electron chi connectivity index (χ2n) is 5.45. The minimum absolute atomic E-state index is 0.576. The van der Waals surface area contributed by atoms with Gasteiger partial charge in [-0.1, -0.05) is 61.9 Å². The van der Waals surface area contributed by atoms with Crippen molar-refractivity contribution in [2.45, 2.75) is 27.2 Å². The Morgan fingerprint density at radius 1 is 1.17 bits per heavy atom. The van der Waals surface area contributed by atoms with Crippen LogP contribution in [-0.4, -0.2) is 38.1 Å². The predicted octanol–water partition coefficient (Wildman–Crippen LogP) is 4.49. The summed E-state index contributed by atoms with van der Waals surface area (Å²) in [7, 11) is 1.61. The van der Waals surface area contributed by atoms with E-state index in [9.17, 15) is 4.79 Å². The highest BCUT2D eigenvalue weighted by Crippen LogP contribution is 1.96. The number of methoxy groups -OCH3 is 1. The number of hydrogen-bond acceptors (Lipinski definition) is 2. The van der Waals surface area contributed by atoms with Crippen molar-refractivity contribution in [3.05, 3.63) is 61.2 Å². The van der Waals surface area contributed by atoms with E-state index in [0.717, 1.165) is 18.7 Å². The summed E-state index contributed by atoms with van der Waals surface area (Å²) >= 11 is 0. The molecular weight excluding hydrogens is 286 g/mol. The third kappa shape index (κ3) is 20.1. The highest BCUT2D eigenvalue weighted by molar-refractivity contribution is 5.47. The van der Waals surface area contributed by atoms with Crippen LogP contribution in [0.4, 0.5) is 0 Å². The molecule has 0 bridgehead atoms. The highest BCUT2D eigenvalue weighted by Gasteiger charge is 1.95. The van der Waals surface area contributed by atoms with Crippen LogP contribution in [-0.2, 0) is 9.53 Å². The third-order valence-corrected chi connectivity index (χ3v) is 2.67. The van der Waals surface area contributed by atoms with Gasteiger partial charge < -0.3 is 9.64 Å². The molecule has 3 nitrogen and oxygen atoms in total. The molecule has 1 aromatic carbocycles. The number of carbonyl (C=O) groups excluding carboxylic acids is 1. The molecule has 1 aromatic rings. The molecule has 130 valence electrons. The summed E-state index contributed by atoms with van der Waals surface area (Å²) in [5, 5.41) is 0. The lowest BCUT2D eigenvalue weighted by molar-refractivity contribution is -0.118. The predicted molar refractivity (Wildman–Crippen MR) is 101 cm³/mol. The lowest BCUT2D eigenvalue weighted by Crippen LogP contribution is -2.25. The number of carbonyl (C=O) groups is 1. The van der Waals surface area contributed by atoms with Crippen molar-refractivity contribution in [3.63, 3.8) is 0 Å². The average molecular weight is 319 g/mol. The van der Waals surface area contributed by atoms with E-state index in [1.165, 1.54) is 5.56 Å². The zero-order valence-corrected chi connectivity index (χ0v) is 15.2. The monoisotopic (exact) mass is 319 g/mol. The van der Waals surface area contributed by atoms with Gasteiger partial charge in [0.05, 0.1) is 6.61 Å². The largest absolute Gasteiger partial charge is 0.383 e. The van der Waals surface area contributed by atoms with Crippen LogP contribution in [0.3, 0.4) is 0 Å². The number of amides is 1. The Morgan fingerprint density at radius 3 is 2.04 bits per heavy atom. The van der Waals surface area contributed by atoms with Crippen LogP contribution in [0.25, 0.3) is 0 Å². The fourth-order valence-corrected chi connectivity index (χ4v) is 1.43. The van der Waals surface area contributed by atoms with Gasteiger partial charge in [0.2, 0.25) is 6.41 Å². The van der Waals surface area contributed by atoms with Crippen molar-refractivity contribution in [3.8, 4) is 0 Å². The number of ether oxygens (including phenoxy) is 1. The Labute approximate surface area is 142 Å². The van der Waals surface area contributed by atoms with Crippen molar-refractivity contribution in [2.24, 2.45) is 5.92 Å². The molecule has 1 rings (SSSR count). The second-order valence-corrected chi connectivity index (χ2v) is 5.45. The normalized spacial score (nSPS) is 8.91. The van der Waals surface area contributed by atoms with Crippen LogP contribution in [0.5, 0.6) is 0 Å². The zero-order valence-electron chi connectivity index (χ0n) is 15.2. The molecule has 3 heteroatoms. The summed E-state index contributed by atoms with van der Waals surface area (Å²) in [4.78, 5) is 11.8. The summed E-state index contributed by atoms with van der Waals surface area (Å²) in [6.07, 6.45) is 5.56. The van der Waals surface area contributed by atoms with Gasteiger partial charge in [-0.2, -0.15) is 0 Å². The summed E-state index contributed by atoms with van der Waals surface area (Å²) in [5.74, 6) is 0.780. The molecule has 0 aliphatic heterocycles. The molecule has 0 heterocycles. The van der Waals surface area contributed by atoms with E-state index in [2.05, 4.69) is 46.1 Å². The standard InChI is InChI=1S/C7H13NO2.C7H8.C6H12/c1-3-4-8(7-9)5-6-10-2;1-7-5-3-2-4-6-7;1-4-5-6(2)3/h3,7H,1,4-6H2,2H3;2-6H,1H3;4,6H,1,5H2,2-3H3. The number of nitrogens with zero attached hydrogens (tertiary/aromatic N) is 1. The van der Waals surface area contributed by atoms with Crippen LogP contribution >= 0.6 is 0 Å². The second kappa shape index (κ2) is 18.2. The van der Waals surface area contributed by atoms with Gasteiger partial charge in [-0.25, -0.2) is 0 Å². The lowest BCUT2D eigenvalue weighted by atomic mass is 10.1. The topological polar surface area (TPSA) is 29.5 Å². The minimum atomic E-state index is 0.576. The SMILES string of the molecule is C=CCC(C)C.C=CCN(C=O)CCOC.Cc1ccccc1. The smallest absolute Gasteiger partial charge is 0.210 e. The van der Waals surface area contributed by atoms with Gasteiger partial charge in [0.1, 0.15) is 0 Å². The molecule has 0 atom stereocenters. The third-order valence-electron chi connectivity index (χ3n) is 2.67. The lowest BCUT2D eigenvalue weighted by Gasteiger charge is -2.13. The molecule has 0 aromatic heterocycles. The summed E-state index contributed by atoms with van der Waals surface area (Å²) < 4.78 is 4.79. The van der Waals surface area contributed by atoms with E-state index in [1.54, 1.807) is 18.1 Å². The molecule has 1 amide bonds. The van der Waals surface area contributed by atoms with Crippen molar-refractivity contribution >= 4 is 6.41 Å². The number of allylic oxidation sites excluding steroid dienone is 1. The van der Waals surface area contributed by atoms with E-state index in [0.29, 0.717) is 19.7 Å². The maximum absolute atomic E-state index is 10.2. The van der Waals surface area contributed by atoms with Crippen molar-refractivity contribution in [1.29, 1.82) is 0 Å². The van der Waals surface area contributed by atoms with E-state index in [1.807, 2.05) is 24.3 Å². The maximum Gasteiger partial charge on any atom is 0.210 e. The van der Waals surface area contributed by atoms with Crippen molar-refractivity contribution in [1.82, 2.24) is 4.90 Å². The Balaban J connectivity index is 0. The molecule has 0 fully saturated rings. The number of aryl methyl sites for hydroxylation is 1. The first-order valence-corrected chi connectivity index (χ1v) is 7.93. The fraction of sp³-hybridized carbons (Fsp3) is 0.450. The van der Waals surface area contributed by atoms with E-state index in [-0.39, 0.29) is 0 Å². The van der Waals surface area contributed by atoms with E-state index in [4.69, 9.17) is 4.74 Å². The van der Waals surface area contributed by atoms with Gasteiger partial charge in [0.25, 0.3) is 0 Å². The Bertz CT molecular complexity index is 388. The van der Waals surface area contributed by atoms with Gasteiger partial charge in [-0.3, -0.25) is 4.79 Å². The van der Waals surface area contributed by atoms with Gasteiger partial charge in [-0.05, 0) is 19.3 Å². The molecule has 0 saturated heterocycles. The quantitative estimate of drug-likeness (QED) is 0.522. The first-order valence-electron chi connectivity index (χ1n) is 7.93. The minimum Gasteiger partial charge on any atom is -0.383 e. The van der Waals surface area contributed by atoms with Gasteiger partial charge >= 0.3 is 0 Å². The summed E-state index contributed by atoms with van der Waals surface area (Å²) in [6, 6.07) is 10.3. The zero-order chi connectivity index (χ0) is 17.9. The maximum atomic E-state index is 10.2. The van der Waals surface area contributed by atoms with Crippen molar-refractivity contribution in [2.75, 3.05) is 26.8 Å². The Morgan fingerprint density at radius 2 is 1.78 bits per heavy atom. The Hall–Kier alpha value is -1.87. The molecular formula is C20H33NO2. The van der Waals surface area contributed by atoms with Crippen LogP contribution in [0.15, 0.2) is 55.6 Å². The fourth-order valence-electron chi connectivity index (χ4n) is 1.43. The van der Waals surface area contributed by atoms with Gasteiger partial charge in [0, 0.05) is 20.2 Å². The molecule has 0 unspecified atom stereocenters. The average Bonchev–Trinajstić information content (AvgIpc) is 2.53. The highest BCUT2D eigenvalue weighted by atomic mass is 16.5. The van der Waals surface area contributed by atoms with Crippen LogP contribution in [0, 0.1) is 12.8 Å². The van der Waals surface area contributed by atoms with Gasteiger partial charge in [-0.15, -0.1) is 13.2 Å². The van der Waals surface area contributed by atoms with Gasteiger partial charge in [0.15, 0.2) is 0 Å². The van der Waals surface area contributed by atoms with Crippen LogP contribution in [0.1, 0.15) is 25.8 Å². The molecule has 0 radical (unpaired) electrons. The molecule has 0 spiro atoms. The van der Waals surface area contributed by atoms with Crippen LogP contribution < -0.4 is 0 Å². The summed E-state index contributed by atoms with van der Waals surface area (Å²) in [6.45, 7) is 15.4. The number of rotatable bonds is 8. The molecule has 0 aliphatic carbocycles. The summed E-state index contributed by atoms with van der Waals surface area (Å²) in [5.41, 5.74) is 1.32. The van der Waals surface area contributed by atoms with Crippen molar-refractivity contribution < 1.29 is 9.53 Å². The first-order chi connectivity index (χ1) is 11.0. The number of benzene rings is 1. The Kier molecular flexibility index (Phi) is 18.5. The first kappa shape index (κ1) is 23.4. The van der Waals surface area contributed by atoms with E-state index < -0.39 is 0 Å². The van der Waals surface area contributed by atoms with Crippen LogP contribution in [0.2, 0.25) is 0 Å². The number of hydrogen-bond donors (Lipinski definition) is 0. The molecule has 0 saturated carbocycles. The molecule has 23 heavy (non-hydrogen) atoms. The molecule has 0 N–H and O–H groups in total. The van der Waals surface area contributed by atoms with E-state index >= 15 is 0 Å².